The van der Waals surface area contributed by atoms with E-state index in [4.69, 9.17) is 21.8 Å². The average Bonchev–Trinajstić information content (AvgIpc) is 3.45. The molecule has 5 rings (SSSR count). The maximum Gasteiger partial charge on any atom is 0.314 e. The summed E-state index contributed by atoms with van der Waals surface area (Å²) in [5.74, 6) is 0.115. The quantitative estimate of drug-likeness (QED) is 0.420. The number of nitrogens with two attached hydrogens (primary N) is 1. The first-order valence-electron chi connectivity index (χ1n) is 9.31. The summed E-state index contributed by atoms with van der Waals surface area (Å²) in [6.45, 7) is 0.253. The second-order valence-corrected chi connectivity index (χ2v) is 7.24. The number of tetrazole rings is 1. The summed E-state index contributed by atoms with van der Waals surface area (Å²) < 4.78 is 30.2. The van der Waals surface area contributed by atoms with Gasteiger partial charge in [0.1, 0.15) is 5.82 Å². The second-order valence-electron chi connectivity index (χ2n) is 6.83. The molecular formula is C20H13ClF2N8O. The Morgan fingerprint density at radius 1 is 1.03 bits per heavy atom. The van der Waals surface area contributed by atoms with E-state index in [1.165, 1.54) is 4.80 Å². The number of benzene rings is 2. The molecular weight excluding hydrogens is 442 g/mol. The van der Waals surface area contributed by atoms with Gasteiger partial charge in [0.25, 0.3) is 5.89 Å². The highest BCUT2D eigenvalue weighted by Gasteiger charge is 2.18. The zero-order valence-electron chi connectivity index (χ0n) is 16.2. The largest absolute Gasteiger partial charge is 0.415 e. The number of pyridine rings is 1. The van der Waals surface area contributed by atoms with E-state index in [1.54, 1.807) is 24.4 Å². The first-order valence-corrected chi connectivity index (χ1v) is 9.68. The van der Waals surface area contributed by atoms with Crippen LogP contribution < -0.4 is 5.73 Å². The number of anilines is 1. The van der Waals surface area contributed by atoms with E-state index in [0.717, 1.165) is 16.3 Å². The Labute approximate surface area is 183 Å². The van der Waals surface area contributed by atoms with Gasteiger partial charge in [-0.2, -0.15) is 13.6 Å². The summed E-state index contributed by atoms with van der Waals surface area (Å²) in [5, 5.41) is 21.7. The van der Waals surface area contributed by atoms with Gasteiger partial charge in [0.05, 0.1) is 6.54 Å². The van der Waals surface area contributed by atoms with Crippen LogP contribution in [0.25, 0.3) is 33.6 Å². The molecule has 2 N–H and O–H groups in total. The highest BCUT2D eigenvalue weighted by molar-refractivity contribution is 6.31. The van der Waals surface area contributed by atoms with Gasteiger partial charge in [-0.1, -0.05) is 23.7 Å². The topological polar surface area (TPSA) is 121 Å². The van der Waals surface area contributed by atoms with E-state index in [-0.39, 0.29) is 12.4 Å². The van der Waals surface area contributed by atoms with Crippen LogP contribution in [0.5, 0.6) is 0 Å². The molecule has 12 heteroatoms. The minimum Gasteiger partial charge on any atom is -0.415 e. The van der Waals surface area contributed by atoms with Crippen LogP contribution in [0.4, 0.5) is 14.6 Å². The number of fused-ring (bicyclic) bond motifs is 1. The van der Waals surface area contributed by atoms with Crippen molar-refractivity contribution in [3.05, 3.63) is 65.1 Å². The monoisotopic (exact) mass is 454 g/mol. The lowest BCUT2D eigenvalue weighted by atomic mass is 10.1. The van der Waals surface area contributed by atoms with Crippen LogP contribution in [0.1, 0.15) is 17.9 Å². The number of hydrogen-bond donors (Lipinski definition) is 1. The molecule has 0 spiro atoms. The summed E-state index contributed by atoms with van der Waals surface area (Å²) in [4.78, 5) is 5.48. The van der Waals surface area contributed by atoms with Crippen LogP contribution in [-0.4, -0.2) is 35.4 Å². The summed E-state index contributed by atoms with van der Waals surface area (Å²) in [5.41, 5.74) is 7.80. The van der Waals surface area contributed by atoms with Crippen LogP contribution in [-0.2, 0) is 6.54 Å². The van der Waals surface area contributed by atoms with E-state index < -0.39 is 12.3 Å². The van der Waals surface area contributed by atoms with Gasteiger partial charge in [-0.25, -0.2) is 4.98 Å². The smallest absolute Gasteiger partial charge is 0.314 e. The number of rotatable bonds is 5. The van der Waals surface area contributed by atoms with Crippen LogP contribution in [0.3, 0.4) is 0 Å². The fourth-order valence-electron chi connectivity index (χ4n) is 3.17. The van der Waals surface area contributed by atoms with Crippen LogP contribution in [0, 0.1) is 0 Å². The summed E-state index contributed by atoms with van der Waals surface area (Å²) in [6.07, 6.45) is -1.20. The molecule has 0 fully saturated rings. The molecule has 0 saturated heterocycles. The maximum absolute atomic E-state index is 12.6. The predicted molar refractivity (Wildman–Crippen MR) is 112 cm³/mol. The molecule has 9 nitrogen and oxygen atoms in total. The molecule has 160 valence electrons. The van der Waals surface area contributed by atoms with Crippen LogP contribution in [0.15, 0.2) is 53.1 Å². The van der Waals surface area contributed by atoms with Crippen molar-refractivity contribution in [2.45, 2.75) is 13.0 Å². The number of hydrogen-bond acceptors (Lipinski definition) is 8. The van der Waals surface area contributed by atoms with Gasteiger partial charge < -0.3 is 10.2 Å². The van der Waals surface area contributed by atoms with E-state index in [0.29, 0.717) is 27.8 Å². The molecule has 0 aliphatic carbocycles. The average molecular weight is 455 g/mol. The maximum atomic E-state index is 12.6. The number of halogens is 3. The van der Waals surface area contributed by atoms with Crippen molar-refractivity contribution >= 4 is 28.2 Å². The van der Waals surface area contributed by atoms with Gasteiger partial charge in [-0.05, 0) is 46.5 Å². The molecule has 0 aliphatic heterocycles. The molecule has 0 unspecified atom stereocenters. The zero-order valence-corrected chi connectivity index (χ0v) is 16.9. The summed E-state index contributed by atoms with van der Waals surface area (Å²) in [6, 6.07) is 12.4. The Bertz CT molecular complexity index is 1430. The first-order chi connectivity index (χ1) is 15.5. The van der Waals surface area contributed by atoms with Crippen molar-refractivity contribution in [2.24, 2.45) is 0 Å². The van der Waals surface area contributed by atoms with Crippen molar-refractivity contribution < 1.29 is 13.2 Å². The van der Waals surface area contributed by atoms with E-state index in [9.17, 15) is 8.78 Å². The third-order valence-corrected chi connectivity index (χ3v) is 5.10. The molecule has 3 aromatic heterocycles. The van der Waals surface area contributed by atoms with Crippen molar-refractivity contribution in [3.63, 3.8) is 0 Å². The SMILES string of the molecule is Nc1nccc2cc(-c3nnn(Cc4ccc(-c5nnc(C(F)F)o5)cc4Cl)n3)ccc12. The fourth-order valence-corrected chi connectivity index (χ4v) is 3.41. The zero-order chi connectivity index (χ0) is 22.2. The van der Waals surface area contributed by atoms with Crippen LogP contribution >= 0.6 is 11.6 Å². The minimum atomic E-state index is -2.84. The first kappa shape index (κ1) is 19.9. The van der Waals surface area contributed by atoms with Crippen molar-refractivity contribution in [2.75, 3.05) is 5.73 Å². The molecule has 0 amide bonds. The van der Waals surface area contributed by atoms with Crippen LogP contribution in [0.2, 0.25) is 5.02 Å². The van der Waals surface area contributed by atoms with Crippen molar-refractivity contribution in [1.29, 1.82) is 0 Å². The van der Waals surface area contributed by atoms with Crippen molar-refractivity contribution in [1.82, 2.24) is 35.4 Å². The molecule has 2 aromatic carbocycles. The molecule has 0 saturated carbocycles. The van der Waals surface area contributed by atoms with E-state index >= 15 is 0 Å². The number of aromatic nitrogens is 7. The Hall–Kier alpha value is -3.99. The van der Waals surface area contributed by atoms with Gasteiger partial charge in [-0.3, -0.25) is 0 Å². The van der Waals surface area contributed by atoms with Gasteiger partial charge in [0.2, 0.25) is 11.7 Å². The molecule has 0 aliphatic rings. The lowest BCUT2D eigenvalue weighted by Gasteiger charge is -2.04. The molecule has 32 heavy (non-hydrogen) atoms. The van der Waals surface area contributed by atoms with Crippen molar-refractivity contribution in [3.8, 4) is 22.8 Å². The predicted octanol–water partition coefficient (Wildman–Crippen LogP) is 4.16. The second kappa shape index (κ2) is 7.93. The normalized spacial score (nSPS) is 11.5. The summed E-state index contributed by atoms with van der Waals surface area (Å²) >= 11 is 6.36. The lowest BCUT2D eigenvalue weighted by molar-refractivity contribution is 0.116. The highest BCUT2D eigenvalue weighted by atomic mass is 35.5. The number of nitrogen functional groups attached to an aromatic ring is 1. The number of nitrogens with zero attached hydrogens (tertiary/aromatic N) is 7. The molecule has 0 bridgehead atoms. The van der Waals surface area contributed by atoms with E-state index in [1.807, 2.05) is 24.3 Å². The molecule has 5 aromatic rings. The van der Waals surface area contributed by atoms with Gasteiger partial charge >= 0.3 is 6.43 Å². The molecule has 3 heterocycles. The third kappa shape index (κ3) is 3.73. The number of alkyl halides is 2. The van der Waals surface area contributed by atoms with Gasteiger partial charge in [0, 0.05) is 27.7 Å². The standard InChI is InChI=1S/C20H13ClF2N8O/c21-15-8-12(19-27-28-20(32-19)16(22)23)1-2-13(15)9-31-29-18(26-30-31)11-3-4-14-10(7-11)5-6-25-17(14)24/h1-8,16H,9H2,(H2,24,25). The Morgan fingerprint density at radius 2 is 1.88 bits per heavy atom. The van der Waals surface area contributed by atoms with E-state index in [2.05, 4.69) is 30.6 Å². The third-order valence-electron chi connectivity index (χ3n) is 4.75. The van der Waals surface area contributed by atoms with Gasteiger partial charge in [-0.15, -0.1) is 20.4 Å². The molecule has 0 atom stereocenters. The Morgan fingerprint density at radius 3 is 2.66 bits per heavy atom. The lowest BCUT2D eigenvalue weighted by Crippen LogP contribution is -2.04. The Kier molecular flexibility index (Phi) is 4.94. The summed E-state index contributed by atoms with van der Waals surface area (Å²) in [7, 11) is 0. The molecule has 0 radical (unpaired) electrons. The minimum absolute atomic E-state index is 0.0398. The highest BCUT2D eigenvalue weighted by Crippen LogP contribution is 2.28. The fraction of sp³-hybridized carbons (Fsp3) is 0.100. The Balaban J connectivity index is 1.37. The van der Waals surface area contributed by atoms with Gasteiger partial charge in [0.15, 0.2) is 0 Å².